The molecule has 1 aromatic heterocycles. The number of aromatic nitrogens is 2. The number of hydrogen-bond acceptors (Lipinski definition) is 3. The van der Waals surface area contributed by atoms with Crippen LogP contribution in [-0.4, -0.2) is 23.7 Å². The summed E-state index contributed by atoms with van der Waals surface area (Å²) >= 11 is 12.3. The molecule has 27 heavy (non-hydrogen) atoms. The van der Waals surface area contributed by atoms with Crippen molar-refractivity contribution in [2.45, 2.75) is 68.3 Å². The Labute approximate surface area is 170 Å². The molecular formula is C19H23Cl2N3O2S. The van der Waals surface area contributed by atoms with Crippen LogP contribution in [0.1, 0.15) is 56.2 Å². The molecule has 0 atom stereocenters. The molecule has 0 spiro atoms. The summed E-state index contributed by atoms with van der Waals surface area (Å²) < 4.78 is 31.2. The second kappa shape index (κ2) is 7.07. The maximum atomic E-state index is 13.2. The molecule has 1 aromatic carbocycles. The van der Waals surface area contributed by atoms with Gasteiger partial charge in [-0.15, -0.1) is 0 Å². The van der Waals surface area contributed by atoms with Crippen LogP contribution < -0.4 is 4.72 Å². The van der Waals surface area contributed by atoms with Gasteiger partial charge in [0, 0.05) is 34.2 Å². The van der Waals surface area contributed by atoms with Gasteiger partial charge >= 0.3 is 0 Å². The standard InChI is InChI=1S/C19H23Cl2N3O2S/c1-2-24-12-17(18(22-24)13-4-5-13)27(25,26)23-19(8-3-9-19)11-14-6-7-15(20)10-16(14)21/h6-7,10,12-13,23H,2-5,8-9,11H2,1H3. The summed E-state index contributed by atoms with van der Waals surface area (Å²) in [5.41, 5.74) is 1.13. The van der Waals surface area contributed by atoms with E-state index in [0.717, 1.165) is 37.7 Å². The molecule has 2 aliphatic rings. The summed E-state index contributed by atoms with van der Waals surface area (Å²) in [6, 6.07) is 5.37. The maximum Gasteiger partial charge on any atom is 0.244 e. The zero-order chi connectivity index (χ0) is 19.2. The van der Waals surface area contributed by atoms with Crippen LogP contribution in [-0.2, 0) is 23.0 Å². The third-order valence-electron chi connectivity index (χ3n) is 5.54. The molecule has 1 N–H and O–H groups in total. The number of rotatable bonds is 7. The molecule has 0 aliphatic heterocycles. The summed E-state index contributed by atoms with van der Waals surface area (Å²) in [5.74, 6) is 0.271. The first-order valence-corrected chi connectivity index (χ1v) is 11.6. The van der Waals surface area contributed by atoms with Crippen molar-refractivity contribution in [2.24, 2.45) is 0 Å². The van der Waals surface area contributed by atoms with E-state index in [1.54, 1.807) is 23.0 Å². The highest BCUT2D eigenvalue weighted by Gasteiger charge is 2.43. The molecule has 2 saturated carbocycles. The lowest BCUT2D eigenvalue weighted by atomic mass is 9.74. The minimum atomic E-state index is -3.65. The number of halogens is 2. The second-order valence-corrected chi connectivity index (χ2v) is 10.2. The van der Waals surface area contributed by atoms with Gasteiger partial charge in [-0.05, 0) is 63.1 Å². The second-order valence-electron chi connectivity index (χ2n) is 7.66. The van der Waals surface area contributed by atoms with Gasteiger partial charge in [0.15, 0.2) is 0 Å². The van der Waals surface area contributed by atoms with E-state index in [-0.39, 0.29) is 5.92 Å². The van der Waals surface area contributed by atoms with E-state index in [4.69, 9.17) is 23.2 Å². The molecule has 0 unspecified atom stereocenters. The van der Waals surface area contributed by atoms with Gasteiger partial charge in [0.2, 0.25) is 10.0 Å². The quantitative estimate of drug-likeness (QED) is 0.705. The average Bonchev–Trinajstić information content (AvgIpc) is 3.33. The monoisotopic (exact) mass is 427 g/mol. The SMILES string of the molecule is CCn1cc(S(=O)(=O)NC2(Cc3ccc(Cl)cc3Cl)CCC2)c(C2CC2)n1. The van der Waals surface area contributed by atoms with Gasteiger partial charge < -0.3 is 0 Å². The van der Waals surface area contributed by atoms with Gasteiger partial charge in [-0.25, -0.2) is 13.1 Å². The highest BCUT2D eigenvalue weighted by atomic mass is 35.5. The predicted molar refractivity (Wildman–Crippen MR) is 107 cm³/mol. The maximum absolute atomic E-state index is 13.2. The van der Waals surface area contributed by atoms with Crippen molar-refractivity contribution in [1.82, 2.24) is 14.5 Å². The first kappa shape index (κ1) is 19.2. The van der Waals surface area contributed by atoms with Gasteiger partial charge in [-0.3, -0.25) is 4.68 Å². The molecule has 146 valence electrons. The normalized spacial score (nSPS) is 19.1. The zero-order valence-electron chi connectivity index (χ0n) is 15.2. The molecule has 2 aliphatic carbocycles. The third-order valence-corrected chi connectivity index (χ3v) is 7.72. The van der Waals surface area contributed by atoms with Crippen molar-refractivity contribution >= 4 is 33.2 Å². The van der Waals surface area contributed by atoms with Crippen LogP contribution in [0, 0.1) is 0 Å². The molecule has 4 rings (SSSR count). The van der Waals surface area contributed by atoms with Crippen LogP contribution in [0.4, 0.5) is 0 Å². The molecule has 0 radical (unpaired) electrons. The number of benzene rings is 1. The Morgan fingerprint density at radius 1 is 1.30 bits per heavy atom. The van der Waals surface area contributed by atoms with Gasteiger partial charge in [0.25, 0.3) is 0 Å². The van der Waals surface area contributed by atoms with Crippen molar-refractivity contribution in [3.05, 3.63) is 45.7 Å². The summed E-state index contributed by atoms with van der Waals surface area (Å²) in [5, 5.41) is 5.65. The predicted octanol–water partition coefficient (Wildman–Crippen LogP) is 4.53. The lowest BCUT2D eigenvalue weighted by molar-refractivity contribution is 0.220. The molecule has 2 fully saturated rings. The fourth-order valence-corrected chi connectivity index (χ4v) is 5.89. The fraction of sp³-hybridized carbons (Fsp3) is 0.526. The topological polar surface area (TPSA) is 64.0 Å². The smallest absolute Gasteiger partial charge is 0.244 e. The minimum Gasteiger partial charge on any atom is -0.271 e. The number of nitrogens with one attached hydrogen (secondary N) is 1. The summed E-state index contributed by atoms with van der Waals surface area (Å²) in [6.45, 7) is 2.62. The molecule has 8 heteroatoms. The molecule has 0 saturated heterocycles. The van der Waals surface area contributed by atoms with Crippen LogP contribution >= 0.6 is 23.2 Å². The Hall–Kier alpha value is -1.08. The van der Waals surface area contributed by atoms with Crippen molar-refractivity contribution < 1.29 is 8.42 Å². The van der Waals surface area contributed by atoms with E-state index in [2.05, 4.69) is 9.82 Å². The molecular weight excluding hydrogens is 405 g/mol. The molecule has 2 aromatic rings. The van der Waals surface area contributed by atoms with E-state index < -0.39 is 15.6 Å². The summed E-state index contributed by atoms with van der Waals surface area (Å²) in [7, 11) is -3.65. The fourth-order valence-electron chi connectivity index (χ4n) is 3.71. The summed E-state index contributed by atoms with van der Waals surface area (Å²) in [4.78, 5) is 0.334. The van der Waals surface area contributed by atoms with Gasteiger partial charge in [-0.2, -0.15) is 5.10 Å². The minimum absolute atomic E-state index is 0.271. The Morgan fingerprint density at radius 2 is 2.04 bits per heavy atom. The first-order valence-electron chi connectivity index (χ1n) is 9.37. The number of nitrogens with zero attached hydrogens (tertiary/aromatic N) is 2. The van der Waals surface area contributed by atoms with Crippen LogP contribution in [0.25, 0.3) is 0 Å². The Kier molecular flexibility index (Phi) is 5.04. The van der Waals surface area contributed by atoms with Crippen LogP contribution in [0.5, 0.6) is 0 Å². The van der Waals surface area contributed by atoms with E-state index >= 15 is 0 Å². The van der Waals surface area contributed by atoms with Crippen LogP contribution in [0.2, 0.25) is 10.0 Å². The molecule has 5 nitrogen and oxygen atoms in total. The van der Waals surface area contributed by atoms with Crippen molar-refractivity contribution in [3.8, 4) is 0 Å². The first-order chi connectivity index (χ1) is 12.8. The molecule has 1 heterocycles. The average molecular weight is 428 g/mol. The Bertz CT molecular complexity index is 963. The van der Waals surface area contributed by atoms with Gasteiger partial charge in [-0.1, -0.05) is 29.3 Å². The number of hydrogen-bond donors (Lipinski definition) is 1. The highest BCUT2D eigenvalue weighted by Crippen LogP contribution is 2.43. The Morgan fingerprint density at radius 3 is 2.59 bits per heavy atom. The van der Waals surface area contributed by atoms with E-state index in [1.807, 2.05) is 13.0 Å². The Balaban J connectivity index is 1.62. The van der Waals surface area contributed by atoms with Gasteiger partial charge in [0.1, 0.15) is 4.90 Å². The van der Waals surface area contributed by atoms with E-state index in [9.17, 15) is 8.42 Å². The lowest BCUT2D eigenvalue weighted by Crippen LogP contribution is -2.55. The van der Waals surface area contributed by atoms with Crippen LogP contribution in [0.3, 0.4) is 0 Å². The molecule has 0 bridgehead atoms. The van der Waals surface area contributed by atoms with Crippen molar-refractivity contribution in [2.75, 3.05) is 0 Å². The number of aryl methyl sites for hydroxylation is 1. The van der Waals surface area contributed by atoms with Crippen molar-refractivity contribution in [3.63, 3.8) is 0 Å². The highest BCUT2D eigenvalue weighted by molar-refractivity contribution is 7.89. The summed E-state index contributed by atoms with van der Waals surface area (Å²) in [6.07, 6.45) is 6.83. The van der Waals surface area contributed by atoms with Crippen molar-refractivity contribution in [1.29, 1.82) is 0 Å². The zero-order valence-corrected chi connectivity index (χ0v) is 17.5. The number of sulfonamides is 1. The largest absolute Gasteiger partial charge is 0.271 e. The van der Waals surface area contributed by atoms with Crippen LogP contribution in [0.15, 0.2) is 29.3 Å². The third kappa shape index (κ3) is 3.90. The van der Waals surface area contributed by atoms with Gasteiger partial charge in [0.05, 0.1) is 5.69 Å². The van der Waals surface area contributed by atoms with E-state index in [0.29, 0.717) is 33.6 Å². The van der Waals surface area contributed by atoms with E-state index in [1.165, 1.54) is 0 Å². The lowest BCUT2D eigenvalue weighted by Gasteiger charge is -2.42. The molecule has 0 amide bonds.